The second-order valence-corrected chi connectivity index (χ2v) is 3.88. The highest BCUT2D eigenvalue weighted by Crippen LogP contribution is 2.33. The Morgan fingerprint density at radius 3 is 2.77 bits per heavy atom. The standard InChI is InChI=1S/C7H8BrN3O2/c8-7-6(11(12)13)4-10(9-7)5-2-1-3-5/h4-5H,1-3H2. The van der Waals surface area contributed by atoms with Crippen molar-refractivity contribution in [2.24, 2.45) is 0 Å². The molecule has 1 saturated carbocycles. The summed E-state index contributed by atoms with van der Waals surface area (Å²) in [6.45, 7) is 0. The fourth-order valence-corrected chi connectivity index (χ4v) is 1.75. The molecule has 1 heterocycles. The van der Waals surface area contributed by atoms with Crippen molar-refractivity contribution in [3.05, 3.63) is 20.9 Å². The highest BCUT2D eigenvalue weighted by molar-refractivity contribution is 9.10. The number of aromatic nitrogens is 2. The molecule has 0 atom stereocenters. The van der Waals surface area contributed by atoms with E-state index < -0.39 is 4.92 Å². The Morgan fingerprint density at radius 1 is 1.69 bits per heavy atom. The van der Waals surface area contributed by atoms with Crippen molar-refractivity contribution >= 4 is 21.6 Å². The van der Waals surface area contributed by atoms with E-state index in [9.17, 15) is 10.1 Å². The molecule has 0 amide bonds. The molecule has 70 valence electrons. The van der Waals surface area contributed by atoms with E-state index in [1.165, 1.54) is 12.6 Å². The van der Waals surface area contributed by atoms with Crippen molar-refractivity contribution in [2.45, 2.75) is 25.3 Å². The lowest BCUT2D eigenvalue weighted by Gasteiger charge is -2.24. The van der Waals surface area contributed by atoms with Crippen molar-refractivity contribution in [2.75, 3.05) is 0 Å². The van der Waals surface area contributed by atoms with Crippen LogP contribution in [0, 0.1) is 10.1 Å². The summed E-state index contributed by atoms with van der Waals surface area (Å²) >= 11 is 3.07. The van der Waals surface area contributed by atoms with Crippen LogP contribution >= 0.6 is 15.9 Å². The molecule has 5 nitrogen and oxygen atoms in total. The van der Waals surface area contributed by atoms with Gasteiger partial charge in [-0.25, -0.2) is 0 Å². The summed E-state index contributed by atoms with van der Waals surface area (Å²) in [4.78, 5) is 10.1. The average molecular weight is 246 g/mol. The molecule has 0 unspecified atom stereocenters. The second kappa shape index (κ2) is 3.10. The molecule has 6 heteroatoms. The van der Waals surface area contributed by atoms with Gasteiger partial charge < -0.3 is 0 Å². The minimum atomic E-state index is -0.424. The molecular weight excluding hydrogens is 238 g/mol. The molecule has 0 aliphatic heterocycles. The highest BCUT2D eigenvalue weighted by Gasteiger charge is 2.25. The normalized spacial score (nSPS) is 17.0. The topological polar surface area (TPSA) is 61.0 Å². The molecule has 0 bridgehead atoms. The van der Waals surface area contributed by atoms with Gasteiger partial charge in [0.25, 0.3) is 0 Å². The van der Waals surface area contributed by atoms with Crippen LogP contribution in [-0.2, 0) is 0 Å². The molecule has 0 radical (unpaired) electrons. The zero-order valence-corrected chi connectivity index (χ0v) is 8.40. The van der Waals surface area contributed by atoms with Crippen LogP contribution in [0.1, 0.15) is 25.3 Å². The number of rotatable bonds is 2. The molecule has 0 N–H and O–H groups in total. The smallest absolute Gasteiger partial charge is 0.261 e. The predicted octanol–water partition coefficient (Wildman–Crippen LogP) is 2.28. The Morgan fingerprint density at radius 2 is 2.38 bits per heavy atom. The van der Waals surface area contributed by atoms with E-state index in [2.05, 4.69) is 21.0 Å². The van der Waals surface area contributed by atoms with E-state index in [1.54, 1.807) is 4.68 Å². The number of hydrogen-bond donors (Lipinski definition) is 0. The Bertz CT molecular complexity index is 346. The van der Waals surface area contributed by atoms with Crippen LogP contribution < -0.4 is 0 Å². The van der Waals surface area contributed by atoms with Gasteiger partial charge in [-0.3, -0.25) is 14.8 Å². The van der Waals surface area contributed by atoms with Crippen molar-refractivity contribution in [3.8, 4) is 0 Å². The largest absolute Gasteiger partial charge is 0.321 e. The fraction of sp³-hybridized carbons (Fsp3) is 0.571. The Kier molecular flexibility index (Phi) is 2.07. The van der Waals surface area contributed by atoms with Gasteiger partial charge in [0, 0.05) is 0 Å². The summed E-state index contributed by atoms with van der Waals surface area (Å²) in [7, 11) is 0. The van der Waals surface area contributed by atoms with Crippen molar-refractivity contribution < 1.29 is 4.92 Å². The van der Waals surface area contributed by atoms with Gasteiger partial charge in [-0.1, -0.05) is 0 Å². The first-order chi connectivity index (χ1) is 6.18. The highest BCUT2D eigenvalue weighted by atomic mass is 79.9. The van der Waals surface area contributed by atoms with Crippen LogP contribution in [0.3, 0.4) is 0 Å². The third-order valence-electron chi connectivity index (χ3n) is 2.31. The van der Waals surface area contributed by atoms with Gasteiger partial charge in [0.2, 0.25) is 4.60 Å². The van der Waals surface area contributed by atoms with Gasteiger partial charge in [0.15, 0.2) is 0 Å². The molecular formula is C7H8BrN3O2. The Hall–Kier alpha value is -0.910. The summed E-state index contributed by atoms with van der Waals surface area (Å²) < 4.78 is 2.01. The SMILES string of the molecule is O=[N+]([O-])c1cn(C2CCC2)nc1Br. The van der Waals surface area contributed by atoms with Gasteiger partial charge in [-0.2, -0.15) is 5.10 Å². The monoisotopic (exact) mass is 245 g/mol. The Labute approximate surface area is 83.0 Å². The lowest BCUT2D eigenvalue weighted by Crippen LogP contribution is -2.17. The molecule has 1 aromatic rings. The molecule has 0 aromatic carbocycles. The van der Waals surface area contributed by atoms with Crippen LogP contribution in [-0.4, -0.2) is 14.7 Å². The van der Waals surface area contributed by atoms with Crippen LogP contribution in [0.5, 0.6) is 0 Å². The Balaban J connectivity index is 2.28. The number of halogens is 1. The van der Waals surface area contributed by atoms with Gasteiger partial charge >= 0.3 is 5.69 Å². The molecule has 1 aliphatic rings. The zero-order chi connectivity index (χ0) is 9.42. The lowest BCUT2D eigenvalue weighted by molar-refractivity contribution is -0.385. The number of nitro groups is 1. The van der Waals surface area contributed by atoms with Gasteiger partial charge in [0.05, 0.1) is 11.0 Å². The van der Waals surface area contributed by atoms with Gasteiger partial charge in [-0.15, -0.1) is 0 Å². The maximum atomic E-state index is 10.5. The summed E-state index contributed by atoms with van der Waals surface area (Å²) in [5.74, 6) is 0. The molecule has 0 spiro atoms. The molecule has 13 heavy (non-hydrogen) atoms. The van der Waals surface area contributed by atoms with Gasteiger partial charge in [0.1, 0.15) is 6.20 Å². The van der Waals surface area contributed by atoms with E-state index in [0.29, 0.717) is 10.6 Å². The van der Waals surface area contributed by atoms with Crippen molar-refractivity contribution in [3.63, 3.8) is 0 Å². The first kappa shape index (κ1) is 8.68. The van der Waals surface area contributed by atoms with Crippen LogP contribution in [0.25, 0.3) is 0 Å². The third kappa shape index (κ3) is 1.46. The molecule has 2 rings (SSSR count). The summed E-state index contributed by atoms with van der Waals surface area (Å²) in [6.07, 6.45) is 4.83. The number of hydrogen-bond acceptors (Lipinski definition) is 3. The number of nitrogens with zero attached hydrogens (tertiary/aromatic N) is 3. The first-order valence-electron chi connectivity index (χ1n) is 4.07. The maximum absolute atomic E-state index is 10.5. The molecule has 0 saturated heterocycles. The summed E-state index contributed by atoms with van der Waals surface area (Å²) in [5.41, 5.74) is 0.0481. The van der Waals surface area contributed by atoms with Crippen LogP contribution in [0.2, 0.25) is 0 Å². The zero-order valence-electron chi connectivity index (χ0n) is 6.81. The quantitative estimate of drug-likeness (QED) is 0.594. The maximum Gasteiger partial charge on any atom is 0.321 e. The lowest BCUT2D eigenvalue weighted by atomic mass is 9.93. The van der Waals surface area contributed by atoms with Gasteiger partial charge in [-0.05, 0) is 35.2 Å². The van der Waals surface area contributed by atoms with Crippen molar-refractivity contribution in [1.82, 2.24) is 9.78 Å². The van der Waals surface area contributed by atoms with E-state index in [0.717, 1.165) is 12.8 Å². The molecule has 1 aromatic heterocycles. The van der Waals surface area contributed by atoms with E-state index in [-0.39, 0.29) is 5.69 Å². The van der Waals surface area contributed by atoms with E-state index in [4.69, 9.17) is 0 Å². The minimum absolute atomic E-state index is 0.0481. The van der Waals surface area contributed by atoms with E-state index >= 15 is 0 Å². The summed E-state index contributed by atoms with van der Waals surface area (Å²) in [6, 6.07) is 0.366. The van der Waals surface area contributed by atoms with Crippen LogP contribution in [0.4, 0.5) is 5.69 Å². The first-order valence-corrected chi connectivity index (χ1v) is 4.87. The van der Waals surface area contributed by atoms with Crippen LogP contribution in [0.15, 0.2) is 10.8 Å². The predicted molar refractivity (Wildman–Crippen MR) is 49.5 cm³/mol. The third-order valence-corrected chi connectivity index (χ3v) is 2.88. The molecule has 1 aliphatic carbocycles. The fourth-order valence-electron chi connectivity index (χ4n) is 1.32. The van der Waals surface area contributed by atoms with Crippen molar-refractivity contribution in [1.29, 1.82) is 0 Å². The minimum Gasteiger partial charge on any atom is -0.261 e. The summed E-state index contributed by atoms with van der Waals surface area (Å²) in [5, 5.41) is 14.5. The molecule has 1 fully saturated rings. The second-order valence-electron chi connectivity index (χ2n) is 3.13. The van der Waals surface area contributed by atoms with E-state index in [1.807, 2.05) is 0 Å². The average Bonchev–Trinajstić information content (AvgIpc) is 2.27.